The molecular formula is C19H18O11. The van der Waals surface area contributed by atoms with Crippen molar-refractivity contribution in [2.45, 2.75) is 30.5 Å². The van der Waals surface area contributed by atoms with Gasteiger partial charge in [-0.1, -0.05) is 0 Å². The maximum Gasteiger partial charge on any atom is 0.204 e. The Hall–Kier alpha value is -3.09. The Kier molecular flexibility index (Phi) is 4.71. The first-order chi connectivity index (χ1) is 14.1. The highest BCUT2D eigenvalue weighted by Crippen LogP contribution is 2.45. The number of hydrogen-bond acceptors (Lipinski definition) is 11. The molecule has 0 amide bonds. The van der Waals surface area contributed by atoms with Gasteiger partial charge in [0.05, 0.1) is 17.6 Å². The van der Waals surface area contributed by atoms with Gasteiger partial charge < -0.3 is 50.0 Å². The lowest BCUT2D eigenvalue weighted by molar-refractivity contribution is -0.232. The smallest absolute Gasteiger partial charge is 0.204 e. The topological polar surface area (TPSA) is 201 Å². The molecule has 0 saturated carbocycles. The van der Waals surface area contributed by atoms with Gasteiger partial charge in [0.1, 0.15) is 58.6 Å². The van der Waals surface area contributed by atoms with Crippen molar-refractivity contribution in [3.05, 3.63) is 34.0 Å². The Balaban J connectivity index is 1.98. The largest absolute Gasteiger partial charge is 0.507 e. The second-order valence-electron chi connectivity index (χ2n) is 7.05. The molecule has 0 spiro atoms. The number of aromatic hydroxyl groups is 4. The van der Waals surface area contributed by atoms with Crippen LogP contribution < -0.4 is 5.43 Å². The zero-order chi connectivity index (χ0) is 21.9. The van der Waals surface area contributed by atoms with Gasteiger partial charge in [0.25, 0.3) is 0 Å². The zero-order valence-electron chi connectivity index (χ0n) is 15.1. The van der Waals surface area contributed by atoms with Crippen molar-refractivity contribution in [3.63, 3.8) is 0 Å². The first kappa shape index (κ1) is 20.2. The first-order valence-corrected chi connectivity index (χ1v) is 8.83. The zero-order valence-corrected chi connectivity index (χ0v) is 15.1. The van der Waals surface area contributed by atoms with Crippen LogP contribution in [0.3, 0.4) is 0 Å². The lowest BCUT2D eigenvalue weighted by Gasteiger charge is -2.40. The summed E-state index contributed by atoms with van der Waals surface area (Å²) in [6.07, 6.45) is -8.16. The van der Waals surface area contributed by atoms with E-state index in [9.17, 15) is 45.6 Å². The van der Waals surface area contributed by atoms with Gasteiger partial charge in [0.2, 0.25) is 5.43 Å². The lowest BCUT2D eigenvalue weighted by atomic mass is 9.89. The van der Waals surface area contributed by atoms with Crippen LogP contribution in [0.15, 0.2) is 27.4 Å². The van der Waals surface area contributed by atoms with Crippen LogP contribution >= 0.6 is 0 Å². The number of phenolic OH excluding ortho intramolecular Hbond substituents is 4. The summed E-state index contributed by atoms with van der Waals surface area (Å²) in [6, 6.07) is 2.90. The maximum atomic E-state index is 12.9. The molecule has 11 nitrogen and oxygen atoms in total. The molecule has 5 atom stereocenters. The van der Waals surface area contributed by atoms with Gasteiger partial charge in [0, 0.05) is 12.1 Å². The molecule has 30 heavy (non-hydrogen) atoms. The molecule has 3 aromatic rings. The van der Waals surface area contributed by atoms with Gasteiger partial charge >= 0.3 is 0 Å². The number of phenols is 4. The van der Waals surface area contributed by atoms with Crippen LogP contribution in [-0.2, 0) is 4.74 Å². The van der Waals surface area contributed by atoms with E-state index in [-0.39, 0.29) is 16.6 Å². The van der Waals surface area contributed by atoms with E-state index in [4.69, 9.17) is 9.15 Å². The quantitative estimate of drug-likeness (QED) is 0.191. The predicted molar refractivity (Wildman–Crippen MR) is 99.4 cm³/mol. The second kappa shape index (κ2) is 7.00. The molecule has 1 saturated heterocycles. The first-order valence-electron chi connectivity index (χ1n) is 8.83. The summed E-state index contributed by atoms with van der Waals surface area (Å²) < 4.78 is 10.8. The van der Waals surface area contributed by atoms with Gasteiger partial charge in [-0.3, -0.25) is 4.79 Å². The molecule has 0 aliphatic carbocycles. The fourth-order valence-corrected chi connectivity index (χ4v) is 3.64. The molecule has 2 aromatic carbocycles. The normalized spacial score (nSPS) is 27.0. The van der Waals surface area contributed by atoms with Crippen molar-refractivity contribution in [1.82, 2.24) is 0 Å². The summed E-state index contributed by atoms with van der Waals surface area (Å²) in [4.78, 5) is 12.9. The molecule has 1 aliphatic rings. The number of aliphatic hydroxyl groups excluding tert-OH is 4. The van der Waals surface area contributed by atoms with E-state index in [1.807, 2.05) is 0 Å². The third kappa shape index (κ3) is 2.83. The Morgan fingerprint density at radius 3 is 2.13 bits per heavy atom. The van der Waals surface area contributed by atoms with Crippen molar-refractivity contribution in [1.29, 1.82) is 0 Å². The van der Waals surface area contributed by atoms with Crippen molar-refractivity contribution >= 4 is 21.9 Å². The molecule has 1 aromatic heterocycles. The lowest BCUT2D eigenvalue weighted by Crippen LogP contribution is -2.55. The van der Waals surface area contributed by atoms with Crippen LogP contribution in [0.5, 0.6) is 23.0 Å². The average Bonchev–Trinajstić information content (AvgIpc) is 2.69. The number of rotatable bonds is 2. The SMILES string of the molecule is O=c1c2cc(O)c(O)cc2oc2cc(O)c([C@@H]3OC(CO)[C@@H](O)[C@@H](O)C3O)c(O)c12. The van der Waals surface area contributed by atoms with Crippen LogP contribution in [0, 0.1) is 0 Å². The van der Waals surface area contributed by atoms with Crippen molar-refractivity contribution in [2.75, 3.05) is 6.61 Å². The average molecular weight is 422 g/mol. The Morgan fingerprint density at radius 2 is 1.47 bits per heavy atom. The van der Waals surface area contributed by atoms with E-state index in [0.29, 0.717) is 0 Å². The van der Waals surface area contributed by atoms with Gasteiger partial charge in [-0.05, 0) is 6.07 Å². The minimum absolute atomic E-state index is 0.123. The highest BCUT2D eigenvalue weighted by atomic mass is 16.5. The molecule has 11 heteroatoms. The van der Waals surface area contributed by atoms with Crippen LogP contribution in [0.2, 0.25) is 0 Å². The molecule has 2 heterocycles. The van der Waals surface area contributed by atoms with Crippen LogP contribution in [-0.4, -0.2) is 71.9 Å². The fraction of sp³-hybridized carbons (Fsp3) is 0.316. The third-order valence-corrected chi connectivity index (χ3v) is 5.23. The Bertz CT molecular complexity index is 1200. The van der Waals surface area contributed by atoms with E-state index in [0.717, 1.165) is 18.2 Å². The minimum atomic E-state index is -1.81. The van der Waals surface area contributed by atoms with E-state index in [2.05, 4.69) is 0 Å². The highest BCUT2D eigenvalue weighted by molar-refractivity contribution is 5.96. The monoisotopic (exact) mass is 422 g/mol. The van der Waals surface area contributed by atoms with Crippen LogP contribution in [0.4, 0.5) is 0 Å². The summed E-state index contributed by atoms with van der Waals surface area (Å²) >= 11 is 0. The highest BCUT2D eigenvalue weighted by Gasteiger charge is 2.46. The summed E-state index contributed by atoms with van der Waals surface area (Å²) in [7, 11) is 0. The summed E-state index contributed by atoms with van der Waals surface area (Å²) in [5, 5.41) is 79.4. The van der Waals surface area contributed by atoms with Crippen molar-refractivity contribution in [2.24, 2.45) is 0 Å². The summed E-state index contributed by atoms with van der Waals surface area (Å²) in [6.45, 7) is -0.730. The standard InChI is InChI=1S/C19H18O11/c20-4-11-15(25)17(27)18(28)19(30-11)12-8(23)3-10-13(16(12)26)14(24)5-1-6(21)7(22)2-9(5)29-10/h1-3,11,15,17-23,25-28H,4H2/t11?,15-,17-,18?,19+/m1/s1. The molecule has 0 bridgehead atoms. The minimum Gasteiger partial charge on any atom is -0.507 e. The maximum absolute atomic E-state index is 12.9. The number of ether oxygens (including phenoxy) is 1. The van der Waals surface area contributed by atoms with Crippen LogP contribution in [0.1, 0.15) is 11.7 Å². The fourth-order valence-electron chi connectivity index (χ4n) is 3.64. The molecule has 160 valence electrons. The number of hydrogen-bond donors (Lipinski definition) is 8. The Labute approximate surface area is 166 Å². The number of aliphatic hydroxyl groups is 4. The van der Waals surface area contributed by atoms with E-state index in [1.165, 1.54) is 0 Å². The molecule has 1 aliphatic heterocycles. The predicted octanol–water partition coefficient (Wildman–Crippen LogP) is -0.717. The molecule has 1 fully saturated rings. The van der Waals surface area contributed by atoms with Gasteiger partial charge in [-0.15, -0.1) is 0 Å². The molecular weight excluding hydrogens is 404 g/mol. The number of benzene rings is 2. The Morgan fingerprint density at radius 1 is 0.833 bits per heavy atom. The van der Waals surface area contributed by atoms with E-state index in [1.54, 1.807) is 0 Å². The summed E-state index contributed by atoms with van der Waals surface area (Å²) in [5.74, 6) is -2.62. The second-order valence-corrected chi connectivity index (χ2v) is 7.05. The van der Waals surface area contributed by atoms with E-state index < -0.39 is 76.5 Å². The molecule has 8 N–H and O–H groups in total. The molecule has 0 radical (unpaired) electrons. The van der Waals surface area contributed by atoms with Crippen molar-refractivity contribution in [3.8, 4) is 23.0 Å². The van der Waals surface area contributed by atoms with E-state index >= 15 is 0 Å². The number of fused-ring (bicyclic) bond motifs is 2. The third-order valence-electron chi connectivity index (χ3n) is 5.23. The van der Waals surface area contributed by atoms with Gasteiger partial charge in [-0.25, -0.2) is 0 Å². The van der Waals surface area contributed by atoms with Crippen LogP contribution in [0.25, 0.3) is 21.9 Å². The molecule has 2 unspecified atom stereocenters. The summed E-state index contributed by atoms with van der Waals surface area (Å²) in [5.41, 5.74) is -1.66. The van der Waals surface area contributed by atoms with Gasteiger partial charge in [-0.2, -0.15) is 0 Å². The van der Waals surface area contributed by atoms with Gasteiger partial charge in [0.15, 0.2) is 11.5 Å². The van der Waals surface area contributed by atoms with Crippen molar-refractivity contribution < 1.29 is 50.0 Å². The molecule has 4 rings (SSSR count).